The first kappa shape index (κ1) is 25.0. The van der Waals surface area contributed by atoms with Crippen LogP contribution < -0.4 is 0 Å². The average Bonchev–Trinajstić information content (AvgIpc) is 2.73. The molecule has 30 heavy (non-hydrogen) atoms. The fourth-order valence-electron chi connectivity index (χ4n) is 2.56. The molecule has 0 saturated heterocycles. The number of hydrogen-bond acceptors (Lipinski definition) is 8. The molecule has 0 unspecified atom stereocenters. The smallest absolute Gasteiger partial charge is 0.207 e. The van der Waals surface area contributed by atoms with Crippen LogP contribution in [-0.2, 0) is 20.0 Å². The lowest BCUT2D eigenvalue weighted by Crippen LogP contribution is -2.36. The number of hydrogen-bond donors (Lipinski definition) is 0. The Morgan fingerprint density at radius 3 is 1.10 bits per heavy atom. The van der Waals surface area contributed by atoms with E-state index in [1.807, 2.05) is 24.3 Å². The summed E-state index contributed by atoms with van der Waals surface area (Å²) in [4.78, 5) is -0.973. The van der Waals surface area contributed by atoms with Gasteiger partial charge >= 0.3 is 0 Å². The van der Waals surface area contributed by atoms with Crippen LogP contribution >= 0.6 is 0 Å². The van der Waals surface area contributed by atoms with Crippen molar-refractivity contribution < 1.29 is 16.8 Å². The van der Waals surface area contributed by atoms with E-state index in [4.69, 9.17) is 21.0 Å². The van der Waals surface area contributed by atoms with Gasteiger partial charge in [-0.1, -0.05) is 12.1 Å². The molecular weight excluding hydrogens is 428 g/mol. The van der Waals surface area contributed by atoms with Crippen molar-refractivity contribution in [1.82, 2.24) is 8.61 Å². The Bertz CT molecular complexity index is 980. The molecule has 0 fully saturated rings. The van der Waals surface area contributed by atoms with Gasteiger partial charge in [0.2, 0.25) is 20.0 Å². The molecule has 12 heteroatoms. The molecule has 0 aliphatic heterocycles. The maximum atomic E-state index is 13.2. The summed E-state index contributed by atoms with van der Waals surface area (Å²) in [7, 11) is -8.68. The SMILES string of the molecule is N#CCCN(CCC#N)S(=O)(=O)c1ccccc1S(=O)(=O)N(CCC#N)CCC#N. The number of rotatable bonds is 12. The lowest BCUT2D eigenvalue weighted by Gasteiger charge is -2.24. The molecule has 0 aromatic heterocycles. The number of sulfonamides is 2. The largest absolute Gasteiger partial charge is 0.244 e. The summed E-state index contributed by atoms with van der Waals surface area (Å²) >= 11 is 0. The van der Waals surface area contributed by atoms with Crippen LogP contribution in [0, 0.1) is 45.3 Å². The van der Waals surface area contributed by atoms with Gasteiger partial charge < -0.3 is 0 Å². The van der Waals surface area contributed by atoms with Gasteiger partial charge in [0.25, 0.3) is 0 Å². The first-order valence-electron chi connectivity index (χ1n) is 8.84. The average molecular weight is 449 g/mol. The number of nitriles is 4. The van der Waals surface area contributed by atoms with Gasteiger partial charge in [0, 0.05) is 51.9 Å². The third-order valence-corrected chi connectivity index (χ3v) is 8.02. The summed E-state index contributed by atoms with van der Waals surface area (Å²) in [6, 6.07) is 12.3. The van der Waals surface area contributed by atoms with Gasteiger partial charge in [-0.15, -0.1) is 0 Å². The van der Waals surface area contributed by atoms with Crippen LogP contribution in [0.5, 0.6) is 0 Å². The highest BCUT2D eigenvalue weighted by molar-refractivity contribution is 7.92. The lowest BCUT2D eigenvalue weighted by molar-refractivity contribution is 0.415. The van der Waals surface area contributed by atoms with Crippen molar-refractivity contribution in [1.29, 1.82) is 21.0 Å². The molecule has 158 valence electrons. The predicted molar refractivity (Wildman–Crippen MR) is 105 cm³/mol. The van der Waals surface area contributed by atoms with Gasteiger partial charge in [0.15, 0.2) is 0 Å². The van der Waals surface area contributed by atoms with Crippen molar-refractivity contribution in [2.75, 3.05) is 26.2 Å². The molecule has 1 aromatic rings. The van der Waals surface area contributed by atoms with Gasteiger partial charge in [-0.05, 0) is 12.1 Å². The third-order valence-electron chi connectivity index (χ3n) is 3.98. The Morgan fingerprint density at radius 2 is 0.867 bits per heavy atom. The van der Waals surface area contributed by atoms with Crippen LogP contribution in [-0.4, -0.2) is 51.6 Å². The molecule has 0 spiro atoms. The molecule has 0 aliphatic rings. The number of nitrogens with zero attached hydrogens (tertiary/aromatic N) is 6. The minimum absolute atomic E-state index is 0.129. The first-order chi connectivity index (χ1) is 14.3. The van der Waals surface area contributed by atoms with E-state index in [0.717, 1.165) is 20.7 Å². The summed E-state index contributed by atoms with van der Waals surface area (Å²) in [5.74, 6) is 0. The highest BCUT2D eigenvalue weighted by Gasteiger charge is 2.33. The summed E-state index contributed by atoms with van der Waals surface area (Å²) < 4.78 is 54.5. The fourth-order valence-corrected chi connectivity index (χ4v) is 6.22. The third kappa shape index (κ3) is 6.25. The molecule has 0 heterocycles. The van der Waals surface area contributed by atoms with Crippen LogP contribution in [0.2, 0.25) is 0 Å². The molecular formula is C18H20N6O4S2. The monoisotopic (exact) mass is 448 g/mol. The van der Waals surface area contributed by atoms with Gasteiger partial charge in [0.05, 0.1) is 24.3 Å². The zero-order valence-corrected chi connectivity index (χ0v) is 17.7. The summed E-state index contributed by atoms with van der Waals surface area (Å²) in [6.45, 7) is -0.772. The predicted octanol–water partition coefficient (Wildman–Crippen LogP) is 1.32. The highest BCUT2D eigenvalue weighted by Crippen LogP contribution is 2.27. The molecule has 0 bridgehead atoms. The molecule has 0 atom stereocenters. The van der Waals surface area contributed by atoms with Crippen LogP contribution in [0.4, 0.5) is 0 Å². The van der Waals surface area contributed by atoms with E-state index in [9.17, 15) is 16.8 Å². The van der Waals surface area contributed by atoms with Crippen LogP contribution in [0.1, 0.15) is 25.7 Å². The maximum absolute atomic E-state index is 13.2. The van der Waals surface area contributed by atoms with Crippen molar-refractivity contribution >= 4 is 20.0 Å². The summed E-state index contributed by atoms with van der Waals surface area (Å²) in [5, 5.41) is 35.2. The Balaban J connectivity index is 3.52. The second-order valence-electron chi connectivity index (χ2n) is 5.89. The molecule has 1 rings (SSSR count). The Kier molecular flexibility index (Phi) is 9.91. The molecule has 0 amide bonds. The molecule has 10 nitrogen and oxygen atoms in total. The van der Waals surface area contributed by atoms with E-state index in [1.54, 1.807) is 0 Å². The van der Waals surface area contributed by atoms with Crippen molar-refractivity contribution in [3.63, 3.8) is 0 Å². The highest BCUT2D eigenvalue weighted by atomic mass is 32.2. The Labute approximate surface area is 176 Å². The van der Waals surface area contributed by atoms with E-state index in [1.165, 1.54) is 12.1 Å². The summed E-state index contributed by atoms with van der Waals surface area (Å²) in [6.07, 6.45) is -0.516. The normalized spacial score (nSPS) is 11.4. The van der Waals surface area contributed by atoms with Crippen molar-refractivity contribution in [2.45, 2.75) is 35.5 Å². The first-order valence-corrected chi connectivity index (χ1v) is 11.7. The molecule has 0 radical (unpaired) electrons. The zero-order chi connectivity index (χ0) is 22.6. The minimum Gasteiger partial charge on any atom is -0.207 e. The quantitative estimate of drug-likeness (QED) is 0.461. The van der Waals surface area contributed by atoms with E-state index in [-0.39, 0.29) is 51.9 Å². The van der Waals surface area contributed by atoms with Gasteiger partial charge in [-0.3, -0.25) is 0 Å². The Morgan fingerprint density at radius 1 is 0.600 bits per heavy atom. The van der Waals surface area contributed by atoms with Gasteiger partial charge in [0.1, 0.15) is 9.79 Å². The maximum Gasteiger partial charge on any atom is 0.244 e. The molecule has 0 aliphatic carbocycles. The van der Waals surface area contributed by atoms with E-state index in [0.29, 0.717) is 0 Å². The van der Waals surface area contributed by atoms with Crippen molar-refractivity contribution in [2.24, 2.45) is 0 Å². The fraction of sp³-hybridized carbons (Fsp3) is 0.444. The summed E-state index contributed by atoms with van der Waals surface area (Å²) in [5.41, 5.74) is 0. The second-order valence-corrected chi connectivity index (χ2v) is 9.70. The zero-order valence-electron chi connectivity index (χ0n) is 16.1. The van der Waals surface area contributed by atoms with Crippen molar-refractivity contribution in [3.8, 4) is 24.3 Å². The van der Waals surface area contributed by atoms with Crippen LogP contribution in [0.15, 0.2) is 34.1 Å². The lowest BCUT2D eigenvalue weighted by atomic mass is 10.4. The van der Waals surface area contributed by atoms with Crippen LogP contribution in [0.25, 0.3) is 0 Å². The molecule has 0 saturated carbocycles. The standard InChI is InChI=1S/C18H20N6O4S2/c19-9-3-13-23(14-4-10-20)29(25,26)17-7-1-2-8-18(17)30(27,28)24(15-5-11-21)16-6-12-22/h1-2,7-8H,3-6,13-16H2. The molecule has 1 aromatic carbocycles. The second kappa shape index (κ2) is 11.9. The van der Waals surface area contributed by atoms with E-state index in [2.05, 4.69) is 0 Å². The number of benzene rings is 1. The Hall–Kier alpha value is -3.00. The van der Waals surface area contributed by atoms with Gasteiger partial charge in [-0.25, -0.2) is 16.8 Å². The molecule has 0 N–H and O–H groups in total. The van der Waals surface area contributed by atoms with E-state index >= 15 is 0 Å². The minimum atomic E-state index is -4.34. The van der Waals surface area contributed by atoms with Crippen LogP contribution in [0.3, 0.4) is 0 Å². The van der Waals surface area contributed by atoms with Crippen molar-refractivity contribution in [3.05, 3.63) is 24.3 Å². The topological polar surface area (TPSA) is 170 Å². The van der Waals surface area contributed by atoms with E-state index < -0.39 is 29.8 Å². The van der Waals surface area contributed by atoms with Gasteiger partial charge in [-0.2, -0.15) is 29.7 Å².